The lowest BCUT2D eigenvalue weighted by Crippen LogP contribution is -2.31. The molecular weight excluding hydrogens is 341 g/mol. The number of aromatic nitrogens is 2. The summed E-state index contributed by atoms with van der Waals surface area (Å²) in [4.78, 5) is 22.6. The Balaban J connectivity index is 2.41. The highest BCUT2D eigenvalue weighted by molar-refractivity contribution is 14.1. The van der Waals surface area contributed by atoms with Gasteiger partial charge in [0.15, 0.2) is 0 Å². The average molecular weight is 355 g/mol. The molecule has 0 fully saturated rings. The molecule has 0 radical (unpaired) electrons. The topological polar surface area (TPSA) is 46.1 Å². The number of hydrogen-bond donors (Lipinski definition) is 0. The summed E-state index contributed by atoms with van der Waals surface area (Å²) < 4.78 is 1.11. The maximum absolute atomic E-state index is 12.1. The van der Waals surface area contributed by atoms with Gasteiger partial charge in [0.05, 0.1) is 17.2 Å². The van der Waals surface area contributed by atoms with Gasteiger partial charge in [-0.1, -0.05) is 0 Å². The quantitative estimate of drug-likeness (QED) is 0.796. The van der Waals surface area contributed by atoms with Crippen molar-refractivity contribution in [1.82, 2.24) is 14.9 Å². The highest BCUT2D eigenvalue weighted by atomic mass is 127. The zero-order valence-corrected chi connectivity index (χ0v) is 12.5. The van der Waals surface area contributed by atoms with Gasteiger partial charge in [0.2, 0.25) is 0 Å². The minimum absolute atomic E-state index is 0.0621. The molecule has 0 bridgehead atoms. The Morgan fingerprint density at radius 1 is 1.28 bits per heavy atom. The van der Waals surface area contributed by atoms with E-state index in [0.717, 1.165) is 14.6 Å². The molecule has 4 nitrogen and oxygen atoms in total. The van der Waals surface area contributed by atoms with Crippen LogP contribution in [0.25, 0.3) is 11.0 Å². The number of hydrogen-bond acceptors (Lipinski definition) is 3. The molecule has 0 aliphatic heterocycles. The Labute approximate surface area is 120 Å². The van der Waals surface area contributed by atoms with Gasteiger partial charge < -0.3 is 4.90 Å². The van der Waals surface area contributed by atoms with Gasteiger partial charge in [0.1, 0.15) is 5.69 Å². The smallest absolute Gasteiger partial charge is 0.274 e. The molecule has 0 aliphatic rings. The predicted octanol–water partition coefficient (Wildman–Crippen LogP) is 2.72. The zero-order valence-electron chi connectivity index (χ0n) is 10.4. The van der Waals surface area contributed by atoms with Gasteiger partial charge >= 0.3 is 0 Å². The number of rotatable bonds is 3. The highest BCUT2D eigenvalue weighted by Crippen LogP contribution is 2.14. The maximum Gasteiger partial charge on any atom is 0.274 e. The van der Waals surface area contributed by atoms with Crippen molar-refractivity contribution in [2.45, 2.75) is 13.8 Å². The third-order valence-electron chi connectivity index (χ3n) is 2.77. The van der Waals surface area contributed by atoms with E-state index in [0.29, 0.717) is 18.8 Å². The van der Waals surface area contributed by atoms with Gasteiger partial charge in [-0.3, -0.25) is 9.78 Å². The summed E-state index contributed by atoms with van der Waals surface area (Å²) in [5.41, 5.74) is 1.99. The molecule has 0 N–H and O–H groups in total. The monoisotopic (exact) mass is 355 g/mol. The second-order valence-corrected chi connectivity index (χ2v) is 5.11. The molecule has 1 aromatic carbocycles. The van der Waals surface area contributed by atoms with Crippen LogP contribution in [0.4, 0.5) is 0 Å². The molecule has 1 heterocycles. The first-order valence-corrected chi connectivity index (χ1v) is 6.95. The van der Waals surface area contributed by atoms with E-state index < -0.39 is 0 Å². The van der Waals surface area contributed by atoms with Gasteiger partial charge in [0, 0.05) is 16.7 Å². The number of carbonyl (C=O) groups is 1. The lowest BCUT2D eigenvalue weighted by Gasteiger charge is -2.17. The Hall–Kier alpha value is -1.24. The second kappa shape index (κ2) is 5.60. The van der Waals surface area contributed by atoms with Crippen LogP contribution < -0.4 is 0 Å². The predicted molar refractivity (Wildman–Crippen MR) is 79.5 cm³/mol. The van der Waals surface area contributed by atoms with Crippen LogP contribution in [0.1, 0.15) is 24.3 Å². The molecule has 18 heavy (non-hydrogen) atoms. The number of fused-ring (bicyclic) bond motifs is 1. The largest absolute Gasteiger partial charge is 0.338 e. The summed E-state index contributed by atoms with van der Waals surface area (Å²) in [6.07, 6.45) is 1.55. The first-order chi connectivity index (χ1) is 8.65. The fourth-order valence-corrected chi connectivity index (χ4v) is 2.23. The van der Waals surface area contributed by atoms with Crippen LogP contribution in [0.15, 0.2) is 24.4 Å². The van der Waals surface area contributed by atoms with Crippen LogP contribution in [0.2, 0.25) is 0 Å². The molecule has 0 saturated carbocycles. The molecule has 5 heteroatoms. The summed E-state index contributed by atoms with van der Waals surface area (Å²) in [5, 5.41) is 0. The van der Waals surface area contributed by atoms with Crippen LogP contribution in [-0.2, 0) is 0 Å². The standard InChI is InChI=1S/C13H14IN3O/c1-3-17(4-2)13(18)12-8-15-11-7-9(14)5-6-10(11)16-12/h5-8H,3-4H2,1-2H3. The van der Waals surface area contributed by atoms with E-state index in [1.807, 2.05) is 32.0 Å². The second-order valence-electron chi connectivity index (χ2n) is 3.87. The fourth-order valence-electron chi connectivity index (χ4n) is 1.76. The lowest BCUT2D eigenvalue weighted by atomic mass is 10.3. The highest BCUT2D eigenvalue weighted by Gasteiger charge is 2.14. The van der Waals surface area contributed by atoms with Gasteiger partial charge in [0.25, 0.3) is 5.91 Å². The van der Waals surface area contributed by atoms with Crippen molar-refractivity contribution in [3.8, 4) is 0 Å². The van der Waals surface area contributed by atoms with E-state index in [2.05, 4.69) is 32.6 Å². The van der Waals surface area contributed by atoms with Crippen molar-refractivity contribution in [2.75, 3.05) is 13.1 Å². The summed E-state index contributed by atoms with van der Waals surface area (Å²) in [6, 6.07) is 5.81. The third-order valence-corrected chi connectivity index (χ3v) is 3.45. The van der Waals surface area contributed by atoms with Crippen molar-refractivity contribution in [2.24, 2.45) is 0 Å². The fraction of sp³-hybridized carbons (Fsp3) is 0.308. The van der Waals surface area contributed by atoms with Gasteiger partial charge in [-0.05, 0) is 54.6 Å². The number of halogens is 1. The minimum atomic E-state index is -0.0621. The number of nitrogens with zero attached hydrogens (tertiary/aromatic N) is 3. The van der Waals surface area contributed by atoms with Gasteiger partial charge in [-0.15, -0.1) is 0 Å². The number of benzene rings is 1. The Kier molecular flexibility index (Phi) is 4.11. The zero-order chi connectivity index (χ0) is 13.1. The van der Waals surface area contributed by atoms with Crippen LogP contribution in [0.5, 0.6) is 0 Å². The SMILES string of the molecule is CCN(CC)C(=O)c1cnc2cc(I)ccc2n1. The first kappa shape index (κ1) is 13.2. The van der Waals surface area contributed by atoms with Crippen molar-refractivity contribution in [1.29, 1.82) is 0 Å². The molecule has 0 aliphatic carbocycles. The molecule has 2 rings (SSSR count). The summed E-state index contributed by atoms with van der Waals surface area (Å²) >= 11 is 2.23. The maximum atomic E-state index is 12.1. The molecule has 1 amide bonds. The number of amides is 1. The van der Waals surface area contributed by atoms with Crippen LogP contribution in [0.3, 0.4) is 0 Å². The molecule has 94 valence electrons. The van der Waals surface area contributed by atoms with E-state index in [-0.39, 0.29) is 5.91 Å². The molecule has 0 spiro atoms. The van der Waals surface area contributed by atoms with E-state index in [9.17, 15) is 4.79 Å². The number of carbonyl (C=O) groups excluding carboxylic acids is 1. The molecule has 0 saturated heterocycles. The summed E-state index contributed by atoms with van der Waals surface area (Å²) in [7, 11) is 0. The molecule has 0 atom stereocenters. The van der Waals surface area contributed by atoms with E-state index >= 15 is 0 Å². The van der Waals surface area contributed by atoms with Crippen LogP contribution >= 0.6 is 22.6 Å². The molecular formula is C13H14IN3O. The Bertz CT molecular complexity index is 581. The van der Waals surface area contributed by atoms with Crippen molar-refractivity contribution < 1.29 is 4.79 Å². The van der Waals surface area contributed by atoms with Crippen molar-refractivity contribution >= 4 is 39.5 Å². The first-order valence-electron chi connectivity index (χ1n) is 5.87. The van der Waals surface area contributed by atoms with E-state index in [1.54, 1.807) is 11.1 Å². The van der Waals surface area contributed by atoms with Gasteiger partial charge in [-0.2, -0.15) is 0 Å². The normalized spacial score (nSPS) is 10.6. The third kappa shape index (κ3) is 2.60. The average Bonchev–Trinajstić information content (AvgIpc) is 2.39. The van der Waals surface area contributed by atoms with Crippen molar-refractivity contribution in [3.05, 3.63) is 33.7 Å². The van der Waals surface area contributed by atoms with Crippen LogP contribution in [0, 0.1) is 3.57 Å². The van der Waals surface area contributed by atoms with E-state index in [1.165, 1.54) is 0 Å². The molecule has 1 aromatic heterocycles. The minimum Gasteiger partial charge on any atom is -0.338 e. The van der Waals surface area contributed by atoms with Crippen LogP contribution in [-0.4, -0.2) is 33.9 Å². The molecule has 0 unspecified atom stereocenters. The van der Waals surface area contributed by atoms with E-state index in [4.69, 9.17) is 0 Å². The molecule has 2 aromatic rings. The Morgan fingerprint density at radius 3 is 2.67 bits per heavy atom. The summed E-state index contributed by atoms with van der Waals surface area (Å²) in [6.45, 7) is 5.28. The summed E-state index contributed by atoms with van der Waals surface area (Å²) in [5.74, 6) is -0.0621. The van der Waals surface area contributed by atoms with Crippen molar-refractivity contribution in [3.63, 3.8) is 0 Å². The Morgan fingerprint density at radius 2 is 2.00 bits per heavy atom. The lowest BCUT2D eigenvalue weighted by molar-refractivity contribution is 0.0767. The van der Waals surface area contributed by atoms with Gasteiger partial charge in [-0.25, -0.2) is 4.98 Å².